The van der Waals surface area contributed by atoms with E-state index >= 15 is 0 Å². The van der Waals surface area contributed by atoms with Gasteiger partial charge in [-0.3, -0.25) is 4.98 Å². The number of hydrogen-bond acceptors (Lipinski definition) is 4. The predicted molar refractivity (Wildman–Crippen MR) is 94.3 cm³/mol. The van der Waals surface area contributed by atoms with Crippen LogP contribution < -0.4 is 4.74 Å². The van der Waals surface area contributed by atoms with E-state index in [-0.39, 0.29) is 5.02 Å². The highest BCUT2D eigenvalue weighted by atomic mass is 35.5. The molecule has 136 valence electrons. The highest BCUT2D eigenvalue weighted by Crippen LogP contribution is 2.34. The number of rotatable bonds is 4. The molecule has 1 aromatic carbocycles. The number of halogens is 4. The van der Waals surface area contributed by atoms with Gasteiger partial charge in [0.15, 0.2) is 34.6 Å². The van der Waals surface area contributed by atoms with Gasteiger partial charge in [0, 0.05) is 30.0 Å². The van der Waals surface area contributed by atoms with Crippen LogP contribution >= 0.6 is 23.2 Å². The first kappa shape index (κ1) is 18.5. The van der Waals surface area contributed by atoms with Crippen molar-refractivity contribution < 1.29 is 13.5 Å². The summed E-state index contributed by atoms with van der Waals surface area (Å²) in [7, 11) is 1.71. The minimum absolute atomic E-state index is 0.0570. The Morgan fingerprint density at radius 3 is 2.38 bits per heavy atom. The molecule has 0 saturated heterocycles. The normalized spacial score (nSPS) is 11.7. The van der Waals surface area contributed by atoms with E-state index < -0.39 is 23.0 Å². The Morgan fingerprint density at radius 1 is 1.12 bits per heavy atom. The molecule has 0 aliphatic carbocycles. The third-order valence-corrected chi connectivity index (χ3v) is 4.27. The molecule has 0 aliphatic rings. The third-order valence-electron chi connectivity index (χ3n) is 3.75. The van der Waals surface area contributed by atoms with Crippen molar-refractivity contribution in [1.82, 2.24) is 19.7 Å². The highest BCUT2D eigenvalue weighted by Gasteiger charge is 2.32. The lowest BCUT2D eigenvalue weighted by Crippen LogP contribution is -2.30. The molecule has 0 saturated carbocycles. The standard InChI is InChI=1S/C17H14Cl2F2N4O/c1-17(2,26-14-12(20)6-9(18)7-13(14)21)16-24-23-15(25(16)3)10-4-5-22-8-11(10)19/h4-8H,1-3H3. The molecule has 3 aromatic rings. The molecule has 0 unspecified atom stereocenters. The second kappa shape index (κ2) is 6.81. The molecule has 26 heavy (non-hydrogen) atoms. The first-order chi connectivity index (χ1) is 12.2. The molecule has 0 spiro atoms. The van der Waals surface area contributed by atoms with Crippen molar-refractivity contribution in [3.8, 4) is 17.1 Å². The highest BCUT2D eigenvalue weighted by molar-refractivity contribution is 6.33. The molecule has 0 N–H and O–H groups in total. The predicted octanol–water partition coefficient (Wildman–Crippen LogP) is 4.78. The summed E-state index contributed by atoms with van der Waals surface area (Å²) in [6.45, 7) is 3.25. The van der Waals surface area contributed by atoms with E-state index in [2.05, 4.69) is 15.2 Å². The van der Waals surface area contributed by atoms with Crippen LogP contribution in [0.2, 0.25) is 10.0 Å². The van der Waals surface area contributed by atoms with Gasteiger partial charge in [0.05, 0.1) is 5.02 Å². The van der Waals surface area contributed by atoms with Gasteiger partial charge in [0.25, 0.3) is 0 Å². The number of hydrogen-bond donors (Lipinski definition) is 0. The van der Waals surface area contributed by atoms with Crippen molar-refractivity contribution in [2.75, 3.05) is 0 Å². The monoisotopic (exact) mass is 398 g/mol. The zero-order valence-electron chi connectivity index (χ0n) is 14.1. The average Bonchev–Trinajstić information content (AvgIpc) is 2.94. The Hall–Kier alpha value is -2.25. The Kier molecular flexibility index (Phi) is 4.86. The fraction of sp³-hybridized carbons (Fsp3) is 0.235. The van der Waals surface area contributed by atoms with Crippen LogP contribution in [0.5, 0.6) is 5.75 Å². The zero-order valence-corrected chi connectivity index (χ0v) is 15.6. The minimum Gasteiger partial charge on any atom is -0.474 e. The molecule has 3 rings (SSSR count). The van der Waals surface area contributed by atoms with Gasteiger partial charge in [0.2, 0.25) is 0 Å². The first-order valence-electron chi connectivity index (χ1n) is 7.54. The maximum atomic E-state index is 14.1. The average molecular weight is 399 g/mol. The summed E-state index contributed by atoms with van der Waals surface area (Å²) in [4.78, 5) is 3.93. The van der Waals surface area contributed by atoms with E-state index in [1.54, 1.807) is 37.7 Å². The Morgan fingerprint density at radius 2 is 1.77 bits per heavy atom. The smallest absolute Gasteiger partial charge is 0.192 e. The molecule has 0 amide bonds. The van der Waals surface area contributed by atoms with Crippen LogP contribution in [0.25, 0.3) is 11.4 Å². The maximum absolute atomic E-state index is 14.1. The Bertz CT molecular complexity index is 952. The number of aromatic nitrogens is 4. The molecule has 0 atom stereocenters. The van der Waals surface area contributed by atoms with Gasteiger partial charge < -0.3 is 9.30 Å². The summed E-state index contributed by atoms with van der Waals surface area (Å²) in [6.07, 6.45) is 3.07. The maximum Gasteiger partial charge on any atom is 0.192 e. The van der Waals surface area contributed by atoms with Gasteiger partial charge in [-0.05, 0) is 32.0 Å². The van der Waals surface area contributed by atoms with E-state index in [4.69, 9.17) is 27.9 Å². The van der Waals surface area contributed by atoms with Crippen molar-refractivity contribution >= 4 is 23.2 Å². The first-order valence-corrected chi connectivity index (χ1v) is 8.29. The molecule has 2 aromatic heterocycles. The Labute approximate surface area is 158 Å². The fourth-order valence-corrected chi connectivity index (χ4v) is 2.97. The molecule has 5 nitrogen and oxygen atoms in total. The summed E-state index contributed by atoms with van der Waals surface area (Å²) in [6, 6.07) is 3.66. The lowest BCUT2D eigenvalue weighted by molar-refractivity contribution is 0.0836. The molecule has 0 fully saturated rings. The van der Waals surface area contributed by atoms with Crippen LogP contribution in [-0.4, -0.2) is 19.7 Å². The number of benzene rings is 1. The molecule has 0 bridgehead atoms. The van der Waals surface area contributed by atoms with Gasteiger partial charge in [0.1, 0.15) is 0 Å². The van der Waals surface area contributed by atoms with Gasteiger partial charge >= 0.3 is 0 Å². The number of ether oxygens (including phenoxy) is 1. The van der Waals surface area contributed by atoms with E-state index in [0.29, 0.717) is 22.2 Å². The van der Waals surface area contributed by atoms with Crippen molar-refractivity contribution in [2.24, 2.45) is 7.05 Å². The van der Waals surface area contributed by atoms with Crippen LogP contribution in [-0.2, 0) is 12.6 Å². The quantitative estimate of drug-likeness (QED) is 0.634. The van der Waals surface area contributed by atoms with E-state index in [9.17, 15) is 8.78 Å². The van der Waals surface area contributed by atoms with Crippen molar-refractivity contribution in [3.05, 3.63) is 58.1 Å². The third kappa shape index (κ3) is 3.37. The molecular formula is C17H14Cl2F2N4O. The van der Waals surface area contributed by atoms with Gasteiger partial charge in [-0.2, -0.15) is 0 Å². The summed E-state index contributed by atoms with van der Waals surface area (Å²) in [5.74, 6) is -1.51. The van der Waals surface area contributed by atoms with Crippen LogP contribution in [0, 0.1) is 11.6 Å². The summed E-state index contributed by atoms with van der Waals surface area (Å²) in [5.41, 5.74) is -0.558. The van der Waals surface area contributed by atoms with E-state index in [1.165, 1.54) is 6.20 Å². The van der Waals surface area contributed by atoms with Crippen molar-refractivity contribution in [1.29, 1.82) is 0 Å². The molecule has 9 heteroatoms. The second-order valence-corrected chi connectivity index (χ2v) is 6.92. The lowest BCUT2D eigenvalue weighted by atomic mass is 10.1. The fourth-order valence-electron chi connectivity index (χ4n) is 2.57. The Balaban J connectivity index is 2.00. The molecule has 0 aliphatic heterocycles. The van der Waals surface area contributed by atoms with Crippen LogP contribution in [0.15, 0.2) is 30.6 Å². The molecule has 0 radical (unpaired) electrons. The number of pyridine rings is 1. The summed E-state index contributed by atoms with van der Waals surface area (Å²) in [5, 5.41) is 8.59. The minimum atomic E-state index is -1.19. The zero-order chi connectivity index (χ0) is 19.1. The van der Waals surface area contributed by atoms with E-state index in [0.717, 1.165) is 12.1 Å². The molecule has 2 heterocycles. The summed E-state index contributed by atoms with van der Waals surface area (Å²) >= 11 is 11.8. The van der Waals surface area contributed by atoms with Gasteiger partial charge in [-0.25, -0.2) is 8.78 Å². The topological polar surface area (TPSA) is 52.8 Å². The lowest BCUT2D eigenvalue weighted by Gasteiger charge is -2.26. The second-order valence-electron chi connectivity index (χ2n) is 6.07. The summed E-state index contributed by atoms with van der Waals surface area (Å²) < 4.78 is 35.4. The van der Waals surface area contributed by atoms with Crippen molar-refractivity contribution in [3.63, 3.8) is 0 Å². The van der Waals surface area contributed by atoms with Gasteiger partial charge in [-0.1, -0.05) is 23.2 Å². The van der Waals surface area contributed by atoms with Crippen molar-refractivity contribution in [2.45, 2.75) is 19.4 Å². The van der Waals surface area contributed by atoms with Crippen LogP contribution in [0.4, 0.5) is 8.78 Å². The van der Waals surface area contributed by atoms with Crippen LogP contribution in [0.3, 0.4) is 0 Å². The van der Waals surface area contributed by atoms with Crippen LogP contribution in [0.1, 0.15) is 19.7 Å². The van der Waals surface area contributed by atoms with Gasteiger partial charge in [-0.15, -0.1) is 10.2 Å². The van der Waals surface area contributed by atoms with E-state index in [1.807, 2.05) is 0 Å². The number of nitrogens with zero attached hydrogens (tertiary/aromatic N) is 4. The largest absolute Gasteiger partial charge is 0.474 e. The molecular weight excluding hydrogens is 385 g/mol. The SMILES string of the molecule is Cn1c(-c2ccncc2Cl)nnc1C(C)(C)Oc1c(F)cc(Cl)cc1F.